The molecule has 0 atom stereocenters. The Bertz CT molecular complexity index is 1260. The predicted octanol–water partition coefficient (Wildman–Crippen LogP) is 6.83. The Morgan fingerprint density at radius 3 is 2.35 bits per heavy atom. The lowest BCUT2D eigenvalue weighted by Gasteiger charge is -2.42. The van der Waals surface area contributed by atoms with Crippen molar-refractivity contribution in [2.24, 2.45) is 0 Å². The Hall–Kier alpha value is -3.53. The SMILES string of the molecule is COc1ccc(Cc2c3c(nc4ccccc24)N(C(C)(C)C)c2ccccc2N3)cc1. The third-order valence-corrected chi connectivity index (χ3v) is 5.81. The molecule has 0 amide bonds. The Labute approximate surface area is 183 Å². The van der Waals surface area contributed by atoms with Crippen LogP contribution in [0.3, 0.4) is 0 Å². The van der Waals surface area contributed by atoms with E-state index in [0.717, 1.165) is 40.6 Å². The quantitative estimate of drug-likeness (QED) is 0.402. The van der Waals surface area contributed by atoms with Crippen molar-refractivity contribution in [1.29, 1.82) is 0 Å². The first-order chi connectivity index (χ1) is 15.0. The van der Waals surface area contributed by atoms with E-state index in [-0.39, 0.29) is 5.54 Å². The summed E-state index contributed by atoms with van der Waals surface area (Å²) in [6.45, 7) is 6.71. The highest BCUT2D eigenvalue weighted by Crippen LogP contribution is 2.49. The highest BCUT2D eigenvalue weighted by atomic mass is 16.5. The molecule has 4 heteroatoms. The Kier molecular flexibility index (Phi) is 4.58. The molecular formula is C27H27N3O. The molecule has 0 aliphatic carbocycles. The number of nitrogens with zero attached hydrogens (tertiary/aromatic N) is 2. The third-order valence-electron chi connectivity index (χ3n) is 5.81. The van der Waals surface area contributed by atoms with Crippen LogP contribution >= 0.6 is 0 Å². The van der Waals surface area contributed by atoms with Gasteiger partial charge in [0.15, 0.2) is 5.82 Å². The smallest absolute Gasteiger partial charge is 0.158 e. The molecule has 1 N–H and O–H groups in total. The summed E-state index contributed by atoms with van der Waals surface area (Å²) in [5.74, 6) is 1.85. The van der Waals surface area contributed by atoms with E-state index in [9.17, 15) is 0 Å². The van der Waals surface area contributed by atoms with Crippen LogP contribution < -0.4 is 15.0 Å². The van der Waals surface area contributed by atoms with Crippen molar-refractivity contribution < 1.29 is 4.74 Å². The molecule has 0 unspecified atom stereocenters. The standard InChI is InChI=1S/C27H27N3O/c1-27(2,3)30-24-12-8-7-11-23(24)28-25-21(17-18-13-15-19(31-4)16-14-18)20-9-5-6-10-22(20)29-26(25)30/h5-16,28H,17H2,1-4H3. The van der Waals surface area contributed by atoms with Gasteiger partial charge >= 0.3 is 0 Å². The van der Waals surface area contributed by atoms with Crippen LogP contribution in [0.4, 0.5) is 22.9 Å². The summed E-state index contributed by atoms with van der Waals surface area (Å²) in [6, 6.07) is 25.2. The van der Waals surface area contributed by atoms with Gasteiger partial charge in [0.05, 0.1) is 29.7 Å². The fourth-order valence-corrected chi connectivity index (χ4v) is 4.39. The van der Waals surface area contributed by atoms with Crippen LogP contribution in [0.15, 0.2) is 72.8 Å². The summed E-state index contributed by atoms with van der Waals surface area (Å²) in [5.41, 5.74) is 6.73. The number of methoxy groups -OCH3 is 1. The van der Waals surface area contributed by atoms with Crippen molar-refractivity contribution in [2.45, 2.75) is 32.7 Å². The second-order valence-corrected chi connectivity index (χ2v) is 8.98. The summed E-state index contributed by atoms with van der Waals surface area (Å²) in [6.07, 6.45) is 0.808. The highest BCUT2D eigenvalue weighted by Gasteiger charge is 2.33. The number of fused-ring (bicyclic) bond motifs is 3. The maximum absolute atomic E-state index is 5.34. The number of para-hydroxylation sites is 3. The van der Waals surface area contributed by atoms with E-state index in [1.54, 1.807) is 7.11 Å². The largest absolute Gasteiger partial charge is 0.497 e. The van der Waals surface area contributed by atoms with Crippen LogP contribution in [-0.2, 0) is 6.42 Å². The first kappa shape index (κ1) is 19.4. The first-order valence-corrected chi connectivity index (χ1v) is 10.7. The molecule has 0 bridgehead atoms. The van der Waals surface area contributed by atoms with E-state index in [4.69, 9.17) is 9.72 Å². The fraction of sp³-hybridized carbons (Fsp3) is 0.222. The van der Waals surface area contributed by atoms with E-state index in [0.29, 0.717) is 0 Å². The first-order valence-electron chi connectivity index (χ1n) is 10.7. The topological polar surface area (TPSA) is 37.4 Å². The van der Waals surface area contributed by atoms with Crippen LogP contribution in [-0.4, -0.2) is 17.6 Å². The summed E-state index contributed by atoms with van der Waals surface area (Å²) >= 11 is 0. The van der Waals surface area contributed by atoms with Crippen LogP contribution in [0.1, 0.15) is 31.9 Å². The second-order valence-electron chi connectivity index (χ2n) is 8.98. The monoisotopic (exact) mass is 409 g/mol. The average Bonchev–Trinajstić information content (AvgIpc) is 2.77. The molecule has 4 nitrogen and oxygen atoms in total. The Balaban J connectivity index is 1.74. The summed E-state index contributed by atoms with van der Waals surface area (Å²) < 4.78 is 5.34. The van der Waals surface area contributed by atoms with Crippen LogP contribution in [0.2, 0.25) is 0 Å². The zero-order chi connectivity index (χ0) is 21.6. The minimum atomic E-state index is -0.125. The molecule has 5 rings (SSSR count). The molecule has 1 aliphatic rings. The molecule has 156 valence electrons. The van der Waals surface area contributed by atoms with Crippen LogP contribution in [0.5, 0.6) is 5.75 Å². The third kappa shape index (κ3) is 3.38. The molecule has 0 spiro atoms. The van der Waals surface area contributed by atoms with Gasteiger partial charge in [-0.05, 0) is 62.2 Å². The lowest BCUT2D eigenvalue weighted by Crippen LogP contribution is -2.40. The zero-order valence-corrected chi connectivity index (χ0v) is 18.4. The molecule has 1 aromatic heterocycles. The minimum Gasteiger partial charge on any atom is -0.497 e. The van der Waals surface area contributed by atoms with Gasteiger partial charge in [-0.3, -0.25) is 0 Å². The van der Waals surface area contributed by atoms with Gasteiger partial charge in [-0.2, -0.15) is 0 Å². The van der Waals surface area contributed by atoms with Crippen LogP contribution in [0.25, 0.3) is 10.9 Å². The van der Waals surface area contributed by atoms with Crippen molar-refractivity contribution in [3.63, 3.8) is 0 Å². The Morgan fingerprint density at radius 1 is 0.903 bits per heavy atom. The number of pyridine rings is 1. The van der Waals surface area contributed by atoms with Gasteiger partial charge in [-0.25, -0.2) is 4.98 Å². The molecule has 0 radical (unpaired) electrons. The minimum absolute atomic E-state index is 0.125. The number of hydrogen-bond acceptors (Lipinski definition) is 4. The molecule has 2 heterocycles. The second kappa shape index (κ2) is 7.31. The molecule has 0 saturated carbocycles. The molecule has 1 aliphatic heterocycles. The normalized spacial score (nSPS) is 12.8. The van der Waals surface area contributed by atoms with Gasteiger partial charge in [0.1, 0.15) is 5.75 Å². The zero-order valence-electron chi connectivity index (χ0n) is 18.4. The molecule has 3 aromatic carbocycles. The van der Waals surface area contributed by atoms with Gasteiger partial charge in [-0.15, -0.1) is 0 Å². The highest BCUT2D eigenvalue weighted by molar-refractivity contribution is 5.99. The van der Waals surface area contributed by atoms with E-state index >= 15 is 0 Å². The lowest BCUT2D eigenvalue weighted by molar-refractivity contribution is 0.414. The van der Waals surface area contributed by atoms with E-state index < -0.39 is 0 Å². The van der Waals surface area contributed by atoms with Crippen molar-refractivity contribution in [3.05, 3.63) is 83.9 Å². The van der Waals surface area contributed by atoms with E-state index in [2.05, 4.69) is 91.7 Å². The summed E-state index contributed by atoms with van der Waals surface area (Å²) in [5, 5.41) is 4.90. The lowest BCUT2D eigenvalue weighted by atomic mass is 9.95. The number of ether oxygens (including phenoxy) is 1. The summed E-state index contributed by atoms with van der Waals surface area (Å²) in [4.78, 5) is 7.49. The Morgan fingerprint density at radius 2 is 1.61 bits per heavy atom. The van der Waals surface area contributed by atoms with Gasteiger partial charge in [0.25, 0.3) is 0 Å². The van der Waals surface area contributed by atoms with E-state index in [1.165, 1.54) is 16.5 Å². The number of anilines is 4. The number of aromatic nitrogens is 1. The maximum atomic E-state index is 5.34. The van der Waals surface area contributed by atoms with Gasteiger partial charge in [0, 0.05) is 17.3 Å². The van der Waals surface area contributed by atoms with Crippen LogP contribution in [0, 0.1) is 0 Å². The summed E-state index contributed by atoms with van der Waals surface area (Å²) in [7, 11) is 1.70. The molecule has 0 fully saturated rings. The average molecular weight is 410 g/mol. The number of rotatable bonds is 3. The van der Waals surface area contributed by atoms with Crippen molar-refractivity contribution in [2.75, 3.05) is 17.3 Å². The number of benzene rings is 3. The van der Waals surface area contributed by atoms with Crippen molar-refractivity contribution in [3.8, 4) is 5.75 Å². The maximum Gasteiger partial charge on any atom is 0.158 e. The molecular weight excluding hydrogens is 382 g/mol. The van der Waals surface area contributed by atoms with Gasteiger partial charge < -0.3 is 15.0 Å². The number of nitrogens with one attached hydrogen (secondary N) is 1. The molecule has 4 aromatic rings. The van der Waals surface area contributed by atoms with Gasteiger partial charge in [-0.1, -0.05) is 42.5 Å². The van der Waals surface area contributed by atoms with Crippen molar-refractivity contribution in [1.82, 2.24) is 4.98 Å². The molecule has 0 saturated heterocycles. The fourth-order valence-electron chi connectivity index (χ4n) is 4.39. The van der Waals surface area contributed by atoms with E-state index in [1.807, 2.05) is 12.1 Å². The van der Waals surface area contributed by atoms with Crippen molar-refractivity contribution >= 4 is 33.8 Å². The van der Waals surface area contributed by atoms with Gasteiger partial charge in [0.2, 0.25) is 0 Å². The molecule has 31 heavy (non-hydrogen) atoms. The predicted molar refractivity (Wildman–Crippen MR) is 129 cm³/mol. The number of hydrogen-bond donors (Lipinski definition) is 1.